The molecule has 166 valence electrons. The van der Waals surface area contributed by atoms with Crippen molar-refractivity contribution >= 4 is 17.5 Å². The molecule has 0 radical (unpaired) electrons. The first-order chi connectivity index (χ1) is 14.9. The average molecular weight is 434 g/mol. The van der Waals surface area contributed by atoms with E-state index in [1.54, 1.807) is 24.3 Å². The summed E-state index contributed by atoms with van der Waals surface area (Å²) in [5.41, 5.74) is 0.716. The summed E-state index contributed by atoms with van der Waals surface area (Å²) >= 11 is 0. The van der Waals surface area contributed by atoms with Crippen LogP contribution >= 0.6 is 0 Å². The Balaban J connectivity index is 1.49. The molecule has 2 amide bonds. The standard InChI is InChI=1S/C22H24F2N2O5/c1-29-19-12-14(6-11-18(19)31-22(23)24)21(28)25-13-20(27)26-15-7-9-17(10-8-15)30-16-4-2-3-5-16/h6-12,16,22H,2-5,13H2,1H3,(H,25,28)(H,26,27). The summed E-state index contributed by atoms with van der Waals surface area (Å²) in [5.74, 6) is -0.421. The van der Waals surface area contributed by atoms with Crippen LogP contribution in [0.1, 0.15) is 36.0 Å². The van der Waals surface area contributed by atoms with Gasteiger partial charge in [-0.3, -0.25) is 9.59 Å². The zero-order valence-electron chi connectivity index (χ0n) is 17.0. The zero-order chi connectivity index (χ0) is 22.2. The van der Waals surface area contributed by atoms with E-state index in [1.807, 2.05) is 0 Å². The molecule has 1 aliphatic carbocycles. The van der Waals surface area contributed by atoms with Gasteiger partial charge in [0.2, 0.25) is 5.91 Å². The van der Waals surface area contributed by atoms with Crippen LogP contribution in [0.4, 0.5) is 14.5 Å². The molecule has 2 N–H and O–H groups in total. The van der Waals surface area contributed by atoms with Crippen LogP contribution in [0.5, 0.6) is 17.2 Å². The highest BCUT2D eigenvalue weighted by atomic mass is 19.3. The Bertz CT molecular complexity index is 899. The van der Waals surface area contributed by atoms with E-state index in [1.165, 1.54) is 38.2 Å². The fourth-order valence-electron chi connectivity index (χ4n) is 3.29. The highest BCUT2D eigenvalue weighted by molar-refractivity contribution is 5.99. The molecule has 0 atom stereocenters. The topological polar surface area (TPSA) is 85.9 Å². The summed E-state index contributed by atoms with van der Waals surface area (Å²) in [5, 5.41) is 5.16. The minimum atomic E-state index is -3.01. The minimum absolute atomic E-state index is 0.0164. The Morgan fingerprint density at radius 1 is 1.06 bits per heavy atom. The van der Waals surface area contributed by atoms with Gasteiger partial charge in [0.25, 0.3) is 5.91 Å². The molecule has 1 saturated carbocycles. The van der Waals surface area contributed by atoms with Gasteiger partial charge >= 0.3 is 6.61 Å². The molecule has 0 heterocycles. The molecule has 1 fully saturated rings. The Kier molecular flexibility index (Phi) is 7.64. The summed E-state index contributed by atoms with van der Waals surface area (Å²) in [6.07, 6.45) is 4.75. The van der Waals surface area contributed by atoms with Crippen molar-refractivity contribution in [1.82, 2.24) is 5.32 Å². The fourth-order valence-corrected chi connectivity index (χ4v) is 3.29. The lowest BCUT2D eigenvalue weighted by Gasteiger charge is -2.13. The summed E-state index contributed by atoms with van der Waals surface area (Å²) in [4.78, 5) is 24.4. The first-order valence-electron chi connectivity index (χ1n) is 9.92. The van der Waals surface area contributed by atoms with Gasteiger partial charge in [0.1, 0.15) is 5.75 Å². The lowest BCUT2D eigenvalue weighted by atomic mass is 10.2. The number of amides is 2. The first kappa shape index (κ1) is 22.3. The number of methoxy groups -OCH3 is 1. The highest BCUT2D eigenvalue weighted by Gasteiger charge is 2.17. The van der Waals surface area contributed by atoms with Crippen molar-refractivity contribution in [1.29, 1.82) is 0 Å². The Hall–Kier alpha value is -3.36. The predicted octanol–water partition coefficient (Wildman–Crippen LogP) is 3.99. The van der Waals surface area contributed by atoms with Crippen LogP contribution in [0, 0.1) is 0 Å². The number of ether oxygens (including phenoxy) is 3. The number of halogens is 2. The monoisotopic (exact) mass is 434 g/mol. The Morgan fingerprint density at radius 3 is 2.42 bits per heavy atom. The maximum absolute atomic E-state index is 12.4. The van der Waals surface area contributed by atoms with Crippen molar-refractivity contribution < 1.29 is 32.6 Å². The third-order valence-electron chi connectivity index (χ3n) is 4.79. The number of hydrogen-bond donors (Lipinski definition) is 2. The zero-order valence-corrected chi connectivity index (χ0v) is 17.0. The van der Waals surface area contributed by atoms with E-state index in [4.69, 9.17) is 9.47 Å². The normalized spacial score (nSPS) is 13.7. The van der Waals surface area contributed by atoms with E-state index in [0.29, 0.717) is 5.69 Å². The quantitative estimate of drug-likeness (QED) is 0.624. The second kappa shape index (κ2) is 10.6. The molecule has 31 heavy (non-hydrogen) atoms. The van der Waals surface area contributed by atoms with E-state index >= 15 is 0 Å². The van der Waals surface area contributed by atoms with E-state index in [9.17, 15) is 18.4 Å². The van der Waals surface area contributed by atoms with Gasteiger partial charge < -0.3 is 24.8 Å². The van der Waals surface area contributed by atoms with Crippen LogP contribution in [-0.4, -0.2) is 38.2 Å². The Morgan fingerprint density at radius 2 is 1.77 bits per heavy atom. The number of anilines is 1. The van der Waals surface area contributed by atoms with Crippen LogP contribution < -0.4 is 24.8 Å². The number of benzene rings is 2. The third-order valence-corrected chi connectivity index (χ3v) is 4.79. The molecular formula is C22H24F2N2O5. The van der Waals surface area contributed by atoms with Gasteiger partial charge in [-0.15, -0.1) is 0 Å². The number of alkyl halides is 2. The van der Waals surface area contributed by atoms with Crippen LogP contribution in [0.15, 0.2) is 42.5 Å². The van der Waals surface area contributed by atoms with Gasteiger partial charge in [-0.1, -0.05) is 0 Å². The smallest absolute Gasteiger partial charge is 0.387 e. The van der Waals surface area contributed by atoms with Crippen LogP contribution in [-0.2, 0) is 4.79 Å². The predicted molar refractivity (Wildman–Crippen MR) is 110 cm³/mol. The molecule has 0 saturated heterocycles. The van der Waals surface area contributed by atoms with Crippen molar-refractivity contribution in [2.45, 2.75) is 38.4 Å². The second-order valence-electron chi connectivity index (χ2n) is 7.02. The van der Waals surface area contributed by atoms with Gasteiger partial charge in [0.15, 0.2) is 11.5 Å². The van der Waals surface area contributed by atoms with Crippen molar-refractivity contribution in [3.63, 3.8) is 0 Å². The third kappa shape index (κ3) is 6.56. The van der Waals surface area contributed by atoms with E-state index < -0.39 is 18.4 Å². The molecule has 0 unspecified atom stereocenters. The van der Waals surface area contributed by atoms with E-state index in [-0.39, 0.29) is 29.7 Å². The number of carbonyl (C=O) groups excluding carboxylic acids is 2. The summed E-state index contributed by atoms with van der Waals surface area (Å²) in [6, 6.07) is 10.8. The molecule has 0 aliphatic heterocycles. The summed E-state index contributed by atoms with van der Waals surface area (Å²) in [6.45, 7) is -3.28. The molecular weight excluding hydrogens is 410 g/mol. The molecule has 9 heteroatoms. The largest absolute Gasteiger partial charge is 0.493 e. The summed E-state index contributed by atoms with van der Waals surface area (Å²) < 4.78 is 39.9. The number of nitrogens with one attached hydrogen (secondary N) is 2. The van der Waals surface area contributed by atoms with E-state index in [2.05, 4.69) is 15.4 Å². The van der Waals surface area contributed by atoms with Crippen molar-refractivity contribution in [2.75, 3.05) is 19.0 Å². The first-order valence-corrected chi connectivity index (χ1v) is 9.92. The van der Waals surface area contributed by atoms with Gasteiger partial charge in [-0.05, 0) is 68.1 Å². The maximum Gasteiger partial charge on any atom is 0.387 e. The van der Waals surface area contributed by atoms with Crippen LogP contribution in [0.25, 0.3) is 0 Å². The lowest BCUT2D eigenvalue weighted by molar-refractivity contribution is -0.115. The molecule has 0 spiro atoms. The molecule has 1 aliphatic rings. The molecule has 2 aromatic rings. The fraction of sp³-hybridized carbons (Fsp3) is 0.364. The molecule has 3 rings (SSSR count). The number of carbonyl (C=O) groups is 2. The second-order valence-corrected chi connectivity index (χ2v) is 7.02. The summed E-state index contributed by atoms with van der Waals surface area (Å²) in [7, 11) is 1.27. The van der Waals surface area contributed by atoms with Crippen LogP contribution in [0.3, 0.4) is 0 Å². The molecule has 7 nitrogen and oxygen atoms in total. The number of hydrogen-bond acceptors (Lipinski definition) is 5. The average Bonchev–Trinajstić information content (AvgIpc) is 3.26. The lowest BCUT2D eigenvalue weighted by Crippen LogP contribution is -2.32. The SMILES string of the molecule is COc1cc(C(=O)NCC(=O)Nc2ccc(OC3CCCC3)cc2)ccc1OC(F)F. The van der Waals surface area contributed by atoms with Crippen molar-refractivity contribution in [2.24, 2.45) is 0 Å². The van der Waals surface area contributed by atoms with Crippen LogP contribution in [0.2, 0.25) is 0 Å². The molecule has 0 aromatic heterocycles. The highest BCUT2D eigenvalue weighted by Crippen LogP contribution is 2.29. The van der Waals surface area contributed by atoms with Gasteiger partial charge in [-0.25, -0.2) is 0 Å². The van der Waals surface area contributed by atoms with Gasteiger partial charge in [-0.2, -0.15) is 8.78 Å². The van der Waals surface area contributed by atoms with E-state index in [0.717, 1.165) is 18.6 Å². The minimum Gasteiger partial charge on any atom is -0.493 e. The van der Waals surface area contributed by atoms with Crippen molar-refractivity contribution in [3.05, 3.63) is 48.0 Å². The maximum atomic E-state index is 12.4. The van der Waals surface area contributed by atoms with Crippen molar-refractivity contribution in [3.8, 4) is 17.2 Å². The number of rotatable bonds is 9. The Labute approximate surface area is 178 Å². The van der Waals surface area contributed by atoms with Gasteiger partial charge in [0, 0.05) is 11.3 Å². The molecule has 2 aromatic carbocycles. The molecule has 0 bridgehead atoms. The van der Waals surface area contributed by atoms with Gasteiger partial charge in [0.05, 0.1) is 19.8 Å².